The number of rotatable bonds is 5. The predicted octanol–water partition coefficient (Wildman–Crippen LogP) is 3.76. The van der Waals surface area contributed by atoms with E-state index < -0.39 is 37.5 Å². The number of nitrogens with one attached hydrogen (secondary N) is 2. The van der Waals surface area contributed by atoms with Gasteiger partial charge in [0.15, 0.2) is 5.65 Å². The number of sulfonamides is 1. The van der Waals surface area contributed by atoms with Crippen LogP contribution in [0.2, 0.25) is 5.02 Å². The standard InChI is InChI=1S/C19H12ClF3N6O3S/c1-9-4-13(29-33(31,32)10-2-3-12(20)11(5-10)19(21,22)23)14(24-6-9)17(30)15-16-18(27-7-25-15)28-8-26-16/h2-8,29H,1H3,(H,25,26,27,28). The van der Waals surface area contributed by atoms with Gasteiger partial charge in [0.2, 0.25) is 5.78 Å². The summed E-state index contributed by atoms with van der Waals surface area (Å²) < 4.78 is 67.4. The molecule has 2 N–H and O–H groups in total. The Bertz CT molecular complexity index is 1500. The van der Waals surface area contributed by atoms with Crippen molar-refractivity contribution in [3.8, 4) is 0 Å². The molecule has 4 rings (SSSR count). The molecule has 3 aromatic heterocycles. The molecule has 33 heavy (non-hydrogen) atoms. The van der Waals surface area contributed by atoms with Crippen molar-refractivity contribution in [2.75, 3.05) is 4.72 Å². The van der Waals surface area contributed by atoms with Crippen LogP contribution in [0.5, 0.6) is 0 Å². The summed E-state index contributed by atoms with van der Waals surface area (Å²) in [7, 11) is -4.55. The Morgan fingerprint density at radius 3 is 2.58 bits per heavy atom. The number of pyridine rings is 1. The first-order valence-corrected chi connectivity index (χ1v) is 10.9. The number of H-pyrrole nitrogens is 1. The highest BCUT2D eigenvalue weighted by atomic mass is 35.5. The maximum atomic E-state index is 13.2. The lowest BCUT2D eigenvalue weighted by atomic mass is 10.1. The van der Waals surface area contributed by atoms with Gasteiger partial charge in [-0.3, -0.25) is 14.5 Å². The van der Waals surface area contributed by atoms with E-state index in [1.807, 2.05) is 0 Å². The molecule has 0 atom stereocenters. The molecular formula is C19H12ClF3N6O3S. The SMILES string of the molecule is Cc1cnc(C(=O)c2ncnc3[nH]cnc23)c(NS(=O)(=O)c2ccc(Cl)c(C(F)(F)F)c2)c1. The molecule has 0 fully saturated rings. The van der Waals surface area contributed by atoms with E-state index in [0.717, 1.165) is 18.5 Å². The van der Waals surface area contributed by atoms with Gasteiger partial charge >= 0.3 is 6.18 Å². The third-order valence-corrected chi connectivity index (χ3v) is 6.16. The Balaban J connectivity index is 1.78. The first-order chi connectivity index (χ1) is 15.5. The lowest BCUT2D eigenvalue weighted by Crippen LogP contribution is -2.18. The minimum Gasteiger partial charge on any atom is -0.329 e. The number of anilines is 1. The van der Waals surface area contributed by atoms with Crippen LogP contribution in [-0.4, -0.2) is 39.1 Å². The van der Waals surface area contributed by atoms with Crippen LogP contribution < -0.4 is 4.72 Å². The number of benzene rings is 1. The Morgan fingerprint density at radius 1 is 1.09 bits per heavy atom. The Morgan fingerprint density at radius 2 is 1.85 bits per heavy atom. The smallest absolute Gasteiger partial charge is 0.329 e. The molecule has 0 aliphatic carbocycles. The fourth-order valence-corrected chi connectivity index (χ4v) is 4.27. The quantitative estimate of drug-likeness (QED) is 0.402. The number of carbonyl (C=O) groups is 1. The van der Waals surface area contributed by atoms with E-state index in [1.54, 1.807) is 6.92 Å². The van der Waals surface area contributed by atoms with Crippen LogP contribution >= 0.6 is 11.6 Å². The van der Waals surface area contributed by atoms with Gasteiger partial charge in [-0.05, 0) is 36.8 Å². The second kappa shape index (κ2) is 8.08. The molecular weight excluding hydrogens is 485 g/mol. The van der Waals surface area contributed by atoms with Crippen molar-refractivity contribution in [3.05, 3.63) is 70.7 Å². The number of carbonyl (C=O) groups excluding carboxylic acids is 1. The third kappa shape index (κ3) is 4.36. The lowest BCUT2D eigenvalue weighted by molar-refractivity contribution is -0.137. The fraction of sp³-hybridized carbons (Fsp3) is 0.105. The van der Waals surface area contributed by atoms with Crippen LogP contribution in [0.1, 0.15) is 27.3 Å². The molecule has 3 heterocycles. The van der Waals surface area contributed by atoms with E-state index in [9.17, 15) is 26.4 Å². The zero-order valence-electron chi connectivity index (χ0n) is 16.5. The molecule has 0 spiro atoms. The summed E-state index contributed by atoms with van der Waals surface area (Å²) in [4.78, 5) is 31.0. The van der Waals surface area contributed by atoms with Gasteiger partial charge in [0, 0.05) is 6.20 Å². The van der Waals surface area contributed by atoms with Gasteiger partial charge in [-0.15, -0.1) is 0 Å². The summed E-state index contributed by atoms with van der Waals surface area (Å²) in [6.07, 6.45) is -1.10. The highest BCUT2D eigenvalue weighted by molar-refractivity contribution is 7.92. The number of aromatic amines is 1. The molecule has 0 aliphatic heterocycles. The molecule has 0 aliphatic rings. The molecule has 14 heteroatoms. The third-order valence-electron chi connectivity index (χ3n) is 4.47. The van der Waals surface area contributed by atoms with Crippen molar-refractivity contribution in [2.24, 2.45) is 0 Å². The number of hydrogen-bond acceptors (Lipinski definition) is 7. The van der Waals surface area contributed by atoms with E-state index in [0.29, 0.717) is 11.6 Å². The normalized spacial score (nSPS) is 12.2. The highest BCUT2D eigenvalue weighted by Crippen LogP contribution is 2.36. The minimum atomic E-state index is -4.86. The number of hydrogen-bond donors (Lipinski definition) is 2. The average Bonchev–Trinajstić information content (AvgIpc) is 3.21. The number of alkyl halides is 3. The second-order valence-electron chi connectivity index (χ2n) is 6.80. The van der Waals surface area contributed by atoms with E-state index in [4.69, 9.17) is 11.6 Å². The topological polar surface area (TPSA) is 131 Å². The molecule has 4 aromatic rings. The summed E-state index contributed by atoms with van der Waals surface area (Å²) >= 11 is 5.57. The number of imidazole rings is 1. The average molecular weight is 497 g/mol. The summed E-state index contributed by atoms with van der Waals surface area (Å²) in [5, 5.41) is -0.652. The van der Waals surface area contributed by atoms with E-state index in [2.05, 4.69) is 29.6 Å². The predicted molar refractivity (Wildman–Crippen MR) is 111 cm³/mol. The largest absolute Gasteiger partial charge is 0.417 e. The summed E-state index contributed by atoms with van der Waals surface area (Å²) in [6.45, 7) is 1.60. The molecule has 0 unspecified atom stereocenters. The Kier molecular flexibility index (Phi) is 5.54. The molecule has 0 radical (unpaired) electrons. The molecule has 0 amide bonds. The van der Waals surface area contributed by atoms with Crippen LogP contribution in [0.4, 0.5) is 18.9 Å². The van der Waals surface area contributed by atoms with Crippen molar-refractivity contribution in [1.82, 2.24) is 24.9 Å². The van der Waals surface area contributed by atoms with E-state index in [-0.39, 0.29) is 28.2 Å². The fourth-order valence-electron chi connectivity index (χ4n) is 2.96. The number of fused-ring (bicyclic) bond motifs is 1. The number of ketones is 1. The molecule has 170 valence electrons. The van der Waals surface area contributed by atoms with Gasteiger partial charge in [0.25, 0.3) is 10.0 Å². The molecule has 1 aromatic carbocycles. The maximum absolute atomic E-state index is 13.2. The zero-order chi connectivity index (χ0) is 24.0. The Labute approximate surface area is 189 Å². The van der Waals surface area contributed by atoms with E-state index in [1.165, 1.54) is 18.6 Å². The van der Waals surface area contributed by atoms with Crippen molar-refractivity contribution in [2.45, 2.75) is 18.0 Å². The Hall–Kier alpha value is -3.58. The van der Waals surface area contributed by atoms with Crippen LogP contribution in [0, 0.1) is 6.92 Å². The molecule has 0 saturated heterocycles. The van der Waals surface area contributed by atoms with Crippen molar-refractivity contribution < 1.29 is 26.4 Å². The van der Waals surface area contributed by atoms with Crippen LogP contribution in [-0.2, 0) is 16.2 Å². The minimum absolute atomic E-state index is 0.135. The van der Waals surface area contributed by atoms with Gasteiger partial charge in [0.1, 0.15) is 23.2 Å². The maximum Gasteiger partial charge on any atom is 0.417 e. The summed E-state index contributed by atoms with van der Waals surface area (Å²) in [5.74, 6) is -0.765. The summed E-state index contributed by atoms with van der Waals surface area (Å²) in [6, 6.07) is 3.48. The van der Waals surface area contributed by atoms with Crippen LogP contribution in [0.3, 0.4) is 0 Å². The monoisotopic (exact) mass is 496 g/mol. The van der Waals surface area contributed by atoms with Gasteiger partial charge in [-0.25, -0.2) is 23.4 Å². The van der Waals surface area contributed by atoms with Gasteiger partial charge < -0.3 is 4.98 Å². The lowest BCUT2D eigenvalue weighted by Gasteiger charge is -2.14. The summed E-state index contributed by atoms with van der Waals surface area (Å²) in [5.41, 5.74) is -1.10. The number of aromatic nitrogens is 5. The zero-order valence-corrected chi connectivity index (χ0v) is 18.0. The van der Waals surface area contributed by atoms with Crippen molar-refractivity contribution in [3.63, 3.8) is 0 Å². The molecule has 0 bridgehead atoms. The first kappa shape index (κ1) is 22.6. The van der Waals surface area contributed by atoms with E-state index >= 15 is 0 Å². The number of nitrogens with zero attached hydrogens (tertiary/aromatic N) is 4. The van der Waals surface area contributed by atoms with Gasteiger partial charge in [0.05, 0.1) is 27.5 Å². The van der Waals surface area contributed by atoms with Crippen LogP contribution in [0.15, 0.2) is 48.0 Å². The van der Waals surface area contributed by atoms with Crippen molar-refractivity contribution in [1.29, 1.82) is 0 Å². The van der Waals surface area contributed by atoms with Crippen LogP contribution in [0.25, 0.3) is 11.2 Å². The number of halogens is 4. The van der Waals surface area contributed by atoms with Gasteiger partial charge in [-0.1, -0.05) is 11.6 Å². The van der Waals surface area contributed by atoms with Crippen molar-refractivity contribution >= 4 is 44.3 Å². The second-order valence-corrected chi connectivity index (χ2v) is 8.89. The molecule has 9 nitrogen and oxygen atoms in total. The molecule has 0 saturated carbocycles. The highest BCUT2D eigenvalue weighted by Gasteiger charge is 2.35. The van der Waals surface area contributed by atoms with Gasteiger partial charge in [-0.2, -0.15) is 13.2 Å². The number of aryl methyl sites for hydroxylation is 1. The first-order valence-electron chi connectivity index (χ1n) is 9.02.